The van der Waals surface area contributed by atoms with Crippen LogP contribution in [-0.4, -0.2) is 24.0 Å². The Bertz CT molecular complexity index is 1400. The third-order valence-corrected chi connectivity index (χ3v) is 7.09. The molecule has 2 N–H and O–H groups in total. The Hall–Kier alpha value is -3.97. The molecule has 0 saturated carbocycles. The van der Waals surface area contributed by atoms with Gasteiger partial charge in [-0.15, -0.1) is 0 Å². The van der Waals surface area contributed by atoms with Gasteiger partial charge in [0, 0.05) is 23.4 Å². The fraction of sp³-hybridized carbons (Fsp3) is 0.233. The van der Waals surface area contributed by atoms with Gasteiger partial charge in [0.25, 0.3) is 0 Å². The molecule has 0 bridgehead atoms. The van der Waals surface area contributed by atoms with E-state index in [1.807, 2.05) is 71.6 Å². The highest BCUT2D eigenvalue weighted by atomic mass is 32.1. The first-order valence-electron chi connectivity index (χ1n) is 12.2. The molecule has 0 saturated heterocycles. The van der Waals surface area contributed by atoms with Crippen LogP contribution in [0.25, 0.3) is 0 Å². The van der Waals surface area contributed by atoms with Crippen molar-refractivity contribution in [2.75, 3.05) is 22.6 Å². The van der Waals surface area contributed by atoms with E-state index in [9.17, 15) is 9.59 Å². The largest absolute Gasteiger partial charge is 0.465 e. The maximum Gasteiger partial charge on any atom is 0.337 e. The van der Waals surface area contributed by atoms with Crippen LogP contribution in [0.4, 0.5) is 17.1 Å². The molecule has 1 unspecified atom stereocenters. The molecule has 2 aliphatic rings. The number of hydrogen-bond acceptors (Lipinski definition) is 5. The minimum Gasteiger partial charge on any atom is -0.465 e. The average molecular weight is 512 g/mol. The number of benzene rings is 3. The normalized spacial score (nSPS) is 18.2. The Morgan fingerprint density at radius 1 is 1.00 bits per heavy atom. The summed E-state index contributed by atoms with van der Waals surface area (Å²) in [6.45, 7) is 4.24. The maximum absolute atomic E-state index is 13.8. The van der Waals surface area contributed by atoms with Crippen LogP contribution in [0.1, 0.15) is 48.7 Å². The predicted octanol–water partition coefficient (Wildman–Crippen LogP) is 6.49. The average Bonchev–Trinajstić information content (AvgIpc) is 3.02. The number of para-hydroxylation sites is 3. The lowest BCUT2D eigenvalue weighted by atomic mass is 9.73. The summed E-state index contributed by atoms with van der Waals surface area (Å²) >= 11 is 6.01. The summed E-state index contributed by atoms with van der Waals surface area (Å²) in [7, 11) is 1.36. The summed E-state index contributed by atoms with van der Waals surface area (Å²) in [6.07, 6.45) is 1.17. The number of ether oxygens (including phenoxy) is 1. The quantitative estimate of drug-likeness (QED) is 0.308. The number of methoxy groups -OCH3 is 1. The second kappa shape index (κ2) is 9.82. The smallest absolute Gasteiger partial charge is 0.337 e. The van der Waals surface area contributed by atoms with Gasteiger partial charge >= 0.3 is 5.97 Å². The molecule has 6 nitrogen and oxygen atoms in total. The number of Topliss-reactive ketones (excluding diaryl/α,β-unsaturated/α-hetero) is 1. The summed E-state index contributed by atoms with van der Waals surface area (Å²) in [5.41, 5.74) is 5.31. The molecular weight excluding hydrogens is 482 g/mol. The van der Waals surface area contributed by atoms with Crippen molar-refractivity contribution in [3.8, 4) is 0 Å². The standard InChI is InChI=1S/C30H29N3O3S/c1-30(2)17-23-26(25(34)18-30)27(19-13-15-20(16-14-19)28(35)36-3)33(24-12-8-7-11-22(24)32-23)29(37)31-21-9-5-4-6-10-21/h4-16,27,32H,17-18H2,1-3H3,(H,31,37). The Balaban J connectivity index is 1.70. The van der Waals surface area contributed by atoms with Crippen LogP contribution in [0.15, 0.2) is 90.1 Å². The number of carbonyl (C=O) groups excluding carboxylic acids is 2. The highest BCUT2D eigenvalue weighted by Crippen LogP contribution is 2.48. The topological polar surface area (TPSA) is 70.7 Å². The van der Waals surface area contributed by atoms with E-state index in [-0.39, 0.29) is 11.2 Å². The van der Waals surface area contributed by atoms with Crippen LogP contribution in [0.2, 0.25) is 0 Å². The minimum atomic E-state index is -0.495. The number of ketones is 1. The van der Waals surface area contributed by atoms with E-state index in [4.69, 9.17) is 17.0 Å². The number of carbonyl (C=O) groups is 2. The molecule has 0 aromatic heterocycles. The lowest BCUT2D eigenvalue weighted by Crippen LogP contribution is -2.41. The van der Waals surface area contributed by atoms with Gasteiger partial charge in [-0.25, -0.2) is 4.79 Å². The number of thiocarbonyl (C=S) groups is 1. The number of anilines is 3. The zero-order chi connectivity index (χ0) is 26.2. The second-order valence-corrected chi connectivity index (χ2v) is 10.5. The van der Waals surface area contributed by atoms with Gasteiger partial charge in [0.05, 0.1) is 30.1 Å². The molecule has 0 spiro atoms. The molecule has 0 fully saturated rings. The lowest BCUT2D eigenvalue weighted by Gasteiger charge is -2.38. The zero-order valence-electron chi connectivity index (χ0n) is 21.1. The minimum absolute atomic E-state index is 0.0844. The van der Waals surface area contributed by atoms with Gasteiger partial charge in [-0.05, 0) is 66.0 Å². The van der Waals surface area contributed by atoms with Gasteiger partial charge in [-0.3, -0.25) is 4.79 Å². The van der Waals surface area contributed by atoms with Crippen LogP contribution in [0, 0.1) is 5.41 Å². The van der Waals surface area contributed by atoms with Gasteiger partial charge in [0.2, 0.25) is 0 Å². The maximum atomic E-state index is 13.8. The Labute approximate surface area is 222 Å². The molecule has 7 heteroatoms. The SMILES string of the molecule is COC(=O)c1ccc(C2C3=C(CC(C)(C)CC3=O)Nc3ccccc3N2C(=S)Nc2ccccc2)cc1. The van der Waals surface area contributed by atoms with Crippen molar-refractivity contribution in [2.45, 2.75) is 32.7 Å². The summed E-state index contributed by atoms with van der Waals surface area (Å²) in [5.74, 6) is -0.325. The highest BCUT2D eigenvalue weighted by Gasteiger charge is 2.42. The molecule has 1 aliphatic carbocycles. The second-order valence-electron chi connectivity index (χ2n) is 10.2. The molecule has 188 valence electrons. The summed E-state index contributed by atoms with van der Waals surface area (Å²) < 4.78 is 4.89. The van der Waals surface area contributed by atoms with Crippen molar-refractivity contribution in [3.63, 3.8) is 0 Å². The van der Waals surface area contributed by atoms with E-state index in [0.717, 1.165) is 34.7 Å². The first-order chi connectivity index (χ1) is 17.8. The fourth-order valence-electron chi connectivity index (χ4n) is 5.15. The lowest BCUT2D eigenvalue weighted by molar-refractivity contribution is -0.118. The van der Waals surface area contributed by atoms with Crippen molar-refractivity contribution in [1.29, 1.82) is 0 Å². The van der Waals surface area contributed by atoms with E-state index in [1.54, 1.807) is 12.1 Å². The zero-order valence-corrected chi connectivity index (χ0v) is 21.9. The molecule has 1 heterocycles. The molecule has 3 aromatic rings. The molecular formula is C30H29N3O3S. The predicted molar refractivity (Wildman–Crippen MR) is 151 cm³/mol. The van der Waals surface area contributed by atoms with Gasteiger partial charge in [0.15, 0.2) is 10.9 Å². The third kappa shape index (κ3) is 4.87. The molecule has 0 radical (unpaired) electrons. The molecule has 0 amide bonds. The van der Waals surface area contributed by atoms with Crippen molar-refractivity contribution >= 4 is 46.1 Å². The van der Waals surface area contributed by atoms with Gasteiger partial charge in [0.1, 0.15) is 0 Å². The number of fused-ring (bicyclic) bond motifs is 1. The fourth-order valence-corrected chi connectivity index (χ4v) is 5.47. The molecule has 37 heavy (non-hydrogen) atoms. The van der Waals surface area contributed by atoms with Crippen LogP contribution in [0.5, 0.6) is 0 Å². The molecule has 1 atom stereocenters. The number of nitrogens with zero attached hydrogens (tertiary/aromatic N) is 1. The number of esters is 1. The van der Waals surface area contributed by atoms with Crippen LogP contribution >= 0.6 is 12.2 Å². The van der Waals surface area contributed by atoms with Crippen LogP contribution in [0.3, 0.4) is 0 Å². The number of rotatable bonds is 3. The number of hydrogen-bond donors (Lipinski definition) is 2. The van der Waals surface area contributed by atoms with Gasteiger partial charge < -0.3 is 20.3 Å². The van der Waals surface area contributed by atoms with E-state index in [1.165, 1.54) is 7.11 Å². The number of nitrogens with one attached hydrogen (secondary N) is 2. The summed E-state index contributed by atoms with van der Waals surface area (Å²) in [6, 6.07) is 24.4. The van der Waals surface area contributed by atoms with Gasteiger partial charge in [-0.1, -0.05) is 56.3 Å². The molecule has 3 aromatic carbocycles. The molecule has 5 rings (SSSR count). The first-order valence-corrected chi connectivity index (χ1v) is 12.6. The van der Waals surface area contributed by atoms with E-state index in [2.05, 4.69) is 24.5 Å². The van der Waals surface area contributed by atoms with E-state index < -0.39 is 12.0 Å². The van der Waals surface area contributed by atoms with Crippen LogP contribution in [-0.2, 0) is 9.53 Å². The Morgan fingerprint density at radius 3 is 2.38 bits per heavy atom. The monoisotopic (exact) mass is 511 g/mol. The first kappa shape index (κ1) is 24.7. The van der Waals surface area contributed by atoms with Crippen molar-refractivity contribution in [1.82, 2.24) is 0 Å². The molecule has 1 aliphatic heterocycles. The van der Waals surface area contributed by atoms with Gasteiger partial charge in [-0.2, -0.15) is 0 Å². The van der Waals surface area contributed by atoms with E-state index >= 15 is 0 Å². The number of allylic oxidation sites excluding steroid dienone is 1. The van der Waals surface area contributed by atoms with Crippen molar-refractivity contribution in [3.05, 3.63) is 101 Å². The van der Waals surface area contributed by atoms with E-state index in [0.29, 0.717) is 22.7 Å². The highest BCUT2D eigenvalue weighted by molar-refractivity contribution is 7.80. The van der Waals surface area contributed by atoms with Crippen molar-refractivity contribution < 1.29 is 14.3 Å². The summed E-state index contributed by atoms with van der Waals surface area (Å²) in [5, 5.41) is 7.42. The third-order valence-electron chi connectivity index (χ3n) is 6.79. The van der Waals surface area contributed by atoms with Crippen molar-refractivity contribution in [2.24, 2.45) is 5.41 Å². The van der Waals surface area contributed by atoms with Crippen LogP contribution < -0.4 is 15.5 Å². The Kier molecular flexibility index (Phi) is 6.56. The summed E-state index contributed by atoms with van der Waals surface area (Å²) in [4.78, 5) is 27.9. The Morgan fingerprint density at radius 2 is 1.68 bits per heavy atom.